The second-order valence-corrected chi connectivity index (χ2v) is 5.05. The van der Waals surface area contributed by atoms with E-state index in [-0.39, 0.29) is 12.3 Å². The van der Waals surface area contributed by atoms with Crippen LogP contribution in [0.2, 0.25) is 0 Å². The average Bonchev–Trinajstić information content (AvgIpc) is 2.98. The molecule has 1 aliphatic heterocycles. The van der Waals surface area contributed by atoms with E-state index in [9.17, 15) is 9.18 Å². The molecule has 1 aliphatic rings. The number of nitrogens with one attached hydrogen (secondary N) is 1. The number of hydrogen-bond acceptors (Lipinski definition) is 4. The maximum absolute atomic E-state index is 13.2. The van der Waals surface area contributed by atoms with Gasteiger partial charge in [0.1, 0.15) is 6.17 Å². The molecule has 0 saturated carbocycles. The van der Waals surface area contributed by atoms with Crippen molar-refractivity contribution in [1.82, 2.24) is 14.5 Å². The zero-order valence-corrected chi connectivity index (χ0v) is 10.3. The van der Waals surface area contributed by atoms with Gasteiger partial charge in [0.25, 0.3) is 0 Å². The molecule has 1 amide bonds. The number of carbonyl (C=O) groups is 1. The molecule has 0 aromatic carbocycles. The summed E-state index contributed by atoms with van der Waals surface area (Å²) in [7, 11) is 0. The van der Waals surface area contributed by atoms with Gasteiger partial charge in [-0.2, -0.15) is 0 Å². The van der Waals surface area contributed by atoms with Gasteiger partial charge in [0.15, 0.2) is 5.13 Å². The van der Waals surface area contributed by atoms with Crippen LogP contribution in [0.25, 0.3) is 0 Å². The summed E-state index contributed by atoms with van der Waals surface area (Å²) >= 11 is 1.36. The Morgan fingerprint density at radius 3 is 3.28 bits per heavy atom. The molecule has 2 aromatic heterocycles. The largest absolute Gasteiger partial charge is 0.331 e. The molecule has 7 heteroatoms. The standard InChI is InChI=1S/C11H11FN4OS/c12-7-3-9-8(14-6-16(9)5-7)4-10(17)15-11-13-1-2-18-11/h1-2,6-7H,3-5H2,(H,13,15,17). The average molecular weight is 266 g/mol. The molecular weight excluding hydrogens is 255 g/mol. The second kappa shape index (κ2) is 4.49. The van der Waals surface area contributed by atoms with E-state index in [4.69, 9.17) is 0 Å². The number of halogens is 1. The number of fused-ring (bicyclic) bond motifs is 1. The summed E-state index contributed by atoms with van der Waals surface area (Å²) in [5.41, 5.74) is 1.49. The number of nitrogens with zero attached hydrogens (tertiary/aromatic N) is 3. The molecular formula is C11H11FN4OS. The predicted octanol–water partition coefficient (Wildman–Crippen LogP) is 1.42. The SMILES string of the molecule is O=C(Cc1ncn2c1CC(F)C2)Nc1nccs1. The first-order valence-corrected chi connectivity index (χ1v) is 6.46. The highest BCUT2D eigenvalue weighted by Crippen LogP contribution is 2.21. The van der Waals surface area contributed by atoms with Crippen LogP contribution in [0, 0.1) is 0 Å². The molecule has 3 rings (SSSR count). The number of alkyl halides is 1. The first-order valence-electron chi connectivity index (χ1n) is 5.58. The van der Waals surface area contributed by atoms with Gasteiger partial charge in [-0.05, 0) is 0 Å². The van der Waals surface area contributed by atoms with Crippen LogP contribution in [0.1, 0.15) is 11.4 Å². The van der Waals surface area contributed by atoms with Crippen molar-refractivity contribution in [3.63, 3.8) is 0 Å². The summed E-state index contributed by atoms with van der Waals surface area (Å²) in [6, 6.07) is 0. The lowest BCUT2D eigenvalue weighted by Crippen LogP contribution is -2.15. The molecule has 1 atom stereocenters. The fraction of sp³-hybridized carbons (Fsp3) is 0.364. The Hall–Kier alpha value is -1.76. The van der Waals surface area contributed by atoms with Gasteiger partial charge in [0.05, 0.1) is 25.0 Å². The van der Waals surface area contributed by atoms with Gasteiger partial charge in [0.2, 0.25) is 5.91 Å². The topological polar surface area (TPSA) is 59.8 Å². The van der Waals surface area contributed by atoms with Crippen molar-refractivity contribution in [2.75, 3.05) is 5.32 Å². The fourth-order valence-electron chi connectivity index (χ4n) is 2.08. The van der Waals surface area contributed by atoms with Crippen molar-refractivity contribution in [2.45, 2.75) is 25.6 Å². The van der Waals surface area contributed by atoms with Crippen LogP contribution < -0.4 is 5.32 Å². The summed E-state index contributed by atoms with van der Waals surface area (Å²) in [5, 5.41) is 5.05. The number of rotatable bonds is 3. The molecule has 94 valence electrons. The van der Waals surface area contributed by atoms with Crippen LogP contribution in [0.5, 0.6) is 0 Å². The Bertz CT molecular complexity index is 566. The van der Waals surface area contributed by atoms with Crippen LogP contribution in [-0.2, 0) is 24.2 Å². The molecule has 0 spiro atoms. The van der Waals surface area contributed by atoms with Crippen LogP contribution in [0.3, 0.4) is 0 Å². The van der Waals surface area contributed by atoms with Gasteiger partial charge in [-0.1, -0.05) is 0 Å². The van der Waals surface area contributed by atoms with Gasteiger partial charge in [0, 0.05) is 23.7 Å². The summed E-state index contributed by atoms with van der Waals surface area (Å²) in [6.07, 6.45) is 2.88. The number of aromatic nitrogens is 3. The molecule has 0 saturated heterocycles. The van der Waals surface area contributed by atoms with Crippen molar-refractivity contribution in [3.8, 4) is 0 Å². The van der Waals surface area contributed by atoms with Gasteiger partial charge in [-0.15, -0.1) is 11.3 Å². The molecule has 1 N–H and O–H groups in total. The second-order valence-electron chi connectivity index (χ2n) is 4.15. The number of carbonyl (C=O) groups excluding carboxylic acids is 1. The third kappa shape index (κ3) is 2.13. The van der Waals surface area contributed by atoms with E-state index in [1.54, 1.807) is 22.5 Å². The van der Waals surface area contributed by atoms with Gasteiger partial charge in [-0.25, -0.2) is 14.4 Å². The van der Waals surface area contributed by atoms with Crippen LogP contribution in [-0.4, -0.2) is 26.6 Å². The highest BCUT2D eigenvalue weighted by atomic mass is 32.1. The summed E-state index contributed by atoms with van der Waals surface area (Å²) in [5.74, 6) is -0.172. The summed E-state index contributed by atoms with van der Waals surface area (Å²) < 4.78 is 15.0. The van der Waals surface area contributed by atoms with E-state index >= 15 is 0 Å². The molecule has 18 heavy (non-hydrogen) atoms. The fourth-order valence-corrected chi connectivity index (χ4v) is 2.62. The van der Waals surface area contributed by atoms with Gasteiger partial charge in [-0.3, -0.25) is 4.79 Å². The molecule has 0 bridgehead atoms. The smallest absolute Gasteiger partial charge is 0.232 e. The Morgan fingerprint density at radius 2 is 2.50 bits per heavy atom. The van der Waals surface area contributed by atoms with E-state index in [0.29, 0.717) is 23.8 Å². The Morgan fingerprint density at radius 1 is 1.61 bits per heavy atom. The lowest BCUT2D eigenvalue weighted by Gasteiger charge is -2.01. The normalized spacial score (nSPS) is 17.7. The van der Waals surface area contributed by atoms with Crippen molar-refractivity contribution in [2.24, 2.45) is 0 Å². The van der Waals surface area contributed by atoms with E-state index < -0.39 is 6.17 Å². The van der Waals surface area contributed by atoms with E-state index in [2.05, 4.69) is 15.3 Å². The van der Waals surface area contributed by atoms with Crippen molar-refractivity contribution in [1.29, 1.82) is 0 Å². The predicted molar refractivity (Wildman–Crippen MR) is 65.3 cm³/mol. The maximum Gasteiger partial charge on any atom is 0.232 e. The Balaban J connectivity index is 1.68. The van der Waals surface area contributed by atoms with Crippen LogP contribution >= 0.6 is 11.3 Å². The van der Waals surface area contributed by atoms with Crippen LogP contribution in [0.4, 0.5) is 9.52 Å². The maximum atomic E-state index is 13.2. The molecule has 0 radical (unpaired) electrons. The minimum absolute atomic E-state index is 0.161. The number of imidazole rings is 1. The summed E-state index contributed by atoms with van der Waals surface area (Å²) in [6.45, 7) is 0.344. The lowest BCUT2D eigenvalue weighted by molar-refractivity contribution is -0.115. The minimum Gasteiger partial charge on any atom is -0.331 e. The Labute approximate surface area is 107 Å². The number of hydrogen-bond donors (Lipinski definition) is 1. The van der Waals surface area contributed by atoms with E-state index in [0.717, 1.165) is 5.69 Å². The lowest BCUT2D eigenvalue weighted by atomic mass is 10.2. The molecule has 5 nitrogen and oxygen atoms in total. The molecule has 2 aromatic rings. The van der Waals surface area contributed by atoms with E-state index in [1.165, 1.54) is 11.3 Å². The quantitative estimate of drug-likeness (QED) is 0.914. The zero-order chi connectivity index (χ0) is 12.5. The third-order valence-electron chi connectivity index (χ3n) is 2.85. The number of amides is 1. The highest BCUT2D eigenvalue weighted by Gasteiger charge is 2.25. The third-order valence-corrected chi connectivity index (χ3v) is 3.54. The molecule has 1 unspecified atom stereocenters. The molecule has 0 aliphatic carbocycles. The molecule has 0 fully saturated rings. The van der Waals surface area contributed by atoms with Crippen molar-refractivity contribution < 1.29 is 9.18 Å². The van der Waals surface area contributed by atoms with Gasteiger partial charge < -0.3 is 9.88 Å². The van der Waals surface area contributed by atoms with Crippen molar-refractivity contribution >= 4 is 22.4 Å². The first kappa shape index (κ1) is 11.3. The number of anilines is 1. The first-order chi connectivity index (χ1) is 8.72. The number of thiazole rings is 1. The van der Waals surface area contributed by atoms with E-state index in [1.807, 2.05) is 0 Å². The monoisotopic (exact) mass is 266 g/mol. The van der Waals surface area contributed by atoms with Crippen molar-refractivity contribution in [3.05, 3.63) is 29.3 Å². The van der Waals surface area contributed by atoms with Crippen LogP contribution in [0.15, 0.2) is 17.9 Å². The Kier molecular flexibility index (Phi) is 2.83. The highest BCUT2D eigenvalue weighted by molar-refractivity contribution is 7.13. The molecule has 3 heterocycles. The summed E-state index contributed by atoms with van der Waals surface area (Å²) in [4.78, 5) is 19.9. The minimum atomic E-state index is -0.858. The van der Waals surface area contributed by atoms with Gasteiger partial charge >= 0.3 is 0 Å². The zero-order valence-electron chi connectivity index (χ0n) is 9.47.